The summed E-state index contributed by atoms with van der Waals surface area (Å²) >= 11 is 0. The van der Waals surface area contributed by atoms with Crippen LogP contribution >= 0.6 is 0 Å². The van der Waals surface area contributed by atoms with Crippen LogP contribution < -0.4 is 0 Å². The first-order valence-electron chi connectivity index (χ1n) is 12.4. The highest BCUT2D eigenvalue weighted by molar-refractivity contribution is 5.69. The van der Waals surface area contributed by atoms with Gasteiger partial charge < -0.3 is 9.26 Å². The maximum atomic E-state index is 14.7. The molecule has 3 rings (SSSR count). The van der Waals surface area contributed by atoms with Crippen LogP contribution in [0.1, 0.15) is 103 Å². The molecule has 1 fully saturated rings. The lowest BCUT2D eigenvalue weighted by Gasteiger charge is -2.26. The van der Waals surface area contributed by atoms with Gasteiger partial charge >= 0.3 is 6.09 Å². The zero-order chi connectivity index (χ0) is 23.8. The SMILES string of the molecule is CCCCCCCCCc1ccc(-c2noc(C3CCCN3C(=O)OC(C)(C)C)n2)cc1F. The van der Waals surface area contributed by atoms with Gasteiger partial charge in [0, 0.05) is 12.1 Å². The zero-order valence-electron chi connectivity index (χ0n) is 20.5. The Morgan fingerprint density at radius 3 is 2.61 bits per heavy atom. The van der Waals surface area contributed by atoms with E-state index in [-0.39, 0.29) is 18.0 Å². The van der Waals surface area contributed by atoms with Crippen molar-refractivity contribution in [2.24, 2.45) is 0 Å². The third kappa shape index (κ3) is 7.27. The second-order valence-electron chi connectivity index (χ2n) is 9.97. The first-order valence-corrected chi connectivity index (χ1v) is 12.4. The number of ether oxygens (including phenoxy) is 1. The van der Waals surface area contributed by atoms with Crippen molar-refractivity contribution in [1.82, 2.24) is 15.0 Å². The molecule has 0 bridgehead atoms. The topological polar surface area (TPSA) is 68.5 Å². The number of halogens is 1. The molecule has 2 aromatic rings. The molecule has 1 saturated heterocycles. The normalized spacial score (nSPS) is 16.4. The molecule has 182 valence electrons. The first kappa shape index (κ1) is 25.2. The van der Waals surface area contributed by atoms with Gasteiger partial charge in [0.15, 0.2) is 0 Å². The summed E-state index contributed by atoms with van der Waals surface area (Å²) in [6, 6.07) is 4.82. The molecule has 1 aliphatic rings. The van der Waals surface area contributed by atoms with Gasteiger partial charge in [-0.3, -0.25) is 4.90 Å². The van der Waals surface area contributed by atoms with Gasteiger partial charge in [-0.1, -0.05) is 62.7 Å². The van der Waals surface area contributed by atoms with Crippen molar-refractivity contribution in [2.45, 2.75) is 104 Å². The van der Waals surface area contributed by atoms with E-state index in [0.29, 0.717) is 23.8 Å². The van der Waals surface area contributed by atoms with Crippen LogP contribution in [0.25, 0.3) is 11.4 Å². The molecule has 0 radical (unpaired) electrons. The third-order valence-corrected chi connectivity index (χ3v) is 5.97. The Kier molecular flexibility index (Phi) is 8.87. The van der Waals surface area contributed by atoms with Gasteiger partial charge in [0.1, 0.15) is 17.5 Å². The number of hydrogen-bond acceptors (Lipinski definition) is 5. The molecule has 1 aliphatic heterocycles. The Balaban J connectivity index is 1.58. The molecule has 0 spiro atoms. The molecule has 0 aliphatic carbocycles. The summed E-state index contributed by atoms with van der Waals surface area (Å²) in [5.41, 5.74) is 0.731. The quantitative estimate of drug-likeness (QED) is 0.350. The summed E-state index contributed by atoms with van der Waals surface area (Å²) < 4.78 is 25.7. The molecule has 1 aromatic carbocycles. The zero-order valence-corrected chi connectivity index (χ0v) is 20.5. The smallest absolute Gasteiger partial charge is 0.410 e. The standard InChI is InChI=1S/C26H38FN3O3/c1-5-6-7-8-9-10-11-13-19-15-16-20(18-21(19)27)23-28-24(33-29-23)22-14-12-17-30(22)25(31)32-26(2,3)4/h15-16,18,22H,5-14,17H2,1-4H3. The summed E-state index contributed by atoms with van der Waals surface area (Å²) in [4.78, 5) is 18.7. The van der Waals surface area contributed by atoms with Crippen molar-refractivity contribution in [3.63, 3.8) is 0 Å². The second kappa shape index (κ2) is 11.6. The van der Waals surface area contributed by atoms with E-state index in [4.69, 9.17) is 9.26 Å². The van der Waals surface area contributed by atoms with E-state index >= 15 is 0 Å². The Bertz CT molecular complexity index is 906. The van der Waals surface area contributed by atoms with Crippen LogP contribution in [0.3, 0.4) is 0 Å². The average Bonchev–Trinajstić information content (AvgIpc) is 3.42. The van der Waals surface area contributed by atoms with E-state index in [0.717, 1.165) is 37.7 Å². The van der Waals surface area contributed by atoms with Gasteiger partial charge in [0.05, 0.1) is 0 Å². The molecule has 2 heterocycles. The minimum Gasteiger partial charge on any atom is -0.444 e. The van der Waals surface area contributed by atoms with E-state index in [1.165, 1.54) is 38.2 Å². The second-order valence-corrected chi connectivity index (χ2v) is 9.97. The fraction of sp³-hybridized carbons (Fsp3) is 0.654. The van der Waals surface area contributed by atoms with Crippen molar-refractivity contribution in [3.8, 4) is 11.4 Å². The van der Waals surface area contributed by atoms with Crippen molar-refractivity contribution >= 4 is 6.09 Å². The number of nitrogens with zero attached hydrogens (tertiary/aromatic N) is 3. The number of benzene rings is 1. The average molecular weight is 460 g/mol. The monoisotopic (exact) mass is 459 g/mol. The lowest BCUT2D eigenvalue weighted by Crippen LogP contribution is -2.36. The highest BCUT2D eigenvalue weighted by Crippen LogP contribution is 2.33. The minimum atomic E-state index is -0.571. The molecule has 7 heteroatoms. The number of rotatable bonds is 10. The summed E-state index contributed by atoms with van der Waals surface area (Å²) in [6.45, 7) is 8.32. The predicted octanol–water partition coefficient (Wildman–Crippen LogP) is 7.24. The number of aromatic nitrogens is 2. The van der Waals surface area contributed by atoms with Gasteiger partial charge in [0.25, 0.3) is 0 Å². The summed E-state index contributed by atoms with van der Waals surface area (Å²) in [6.07, 6.45) is 10.4. The van der Waals surface area contributed by atoms with E-state index in [9.17, 15) is 9.18 Å². The van der Waals surface area contributed by atoms with Gasteiger partial charge in [-0.05, 0) is 58.1 Å². The number of carbonyl (C=O) groups is 1. The van der Waals surface area contributed by atoms with Crippen molar-refractivity contribution in [3.05, 3.63) is 35.5 Å². The van der Waals surface area contributed by atoms with Crippen molar-refractivity contribution in [1.29, 1.82) is 0 Å². The Morgan fingerprint density at radius 1 is 1.18 bits per heavy atom. The number of carbonyl (C=O) groups excluding carboxylic acids is 1. The number of aryl methyl sites for hydroxylation is 1. The Hall–Kier alpha value is -2.44. The number of unbranched alkanes of at least 4 members (excludes halogenated alkanes) is 6. The van der Waals surface area contributed by atoms with Gasteiger partial charge in [0.2, 0.25) is 11.7 Å². The van der Waals surface area contributed by atoms with Crippen LogP contribution in [0.15, 0.2) is 22.7 Å². The van der Waals surface area contributed by atoms with Gasteiger partial charge in [-0.25, -0.2) is 9.18 Å². The van der Waals surface area contributed by atoms with E-state index in [1.54, 1.807) is 4.90 Å². The van der Waals surface area contributed by atoms with E-state index < -0.39 is 5.60 Å². The fourth-order valence-corrected chi connectivity index (χ4v) is 4.21. The van der Waals surface area contributed by atoms with Crippen LogP contribution in [0.4, 0.5) is 9.18 Å². The van der Waals surface area contributed by atoms with Crippen LogP contribution in [-0.4, -0.2) is 33.3 Å². The molecule has 0 saturated carbocycles. The fourth-order valence-electron chi connectivity index (χ4n) is 4.21. The summed E-state index contributed by atoms with van der Waals surface area (Å²) in [5.74, 6) is 0.462. The van der Waals surface area contributed by atoms with Gasteiger partial charge in [-0.2, -0.15) is 4.98 Å². The number of likely N-dealkylation sites (tertiary alicyclic amines) is 1. The van der Waals surface area contributed by atoms with E-state index in [1.807, 2.05) is 32.9 Å². The van der Waals surface area contributed by atoms with E-state index in [2.05, 4.69) is 17.1 Å². The lowest BCUT2D eigenvalue weighted by atomic mass is 10.0. The highest BCUT2D eigenvalue weighted by atomic mass is 19.1. The largest absolute Gasteiger partial charge is 0.444 e. The van der Waals surface area contributed by atoms with Crippen molar-refractivity contribution in [2.75, 3.05) is 6.54 Å². The lowest BCUT2D eigenvalue weighted by molar-refractivity contribution is 0.0199. The third-order valence-electron chi connectivity index (χ3n) is 5.97. The molecule has 1 unspecified atom stereocenters. The molecule has 6 nitrogen and oxygen atoms in total. The molecule has 33 heavy (non-hydrogen) atoms. The van der Waals surface area contributed by atoms with Crippen LogP contribution in [0, 0.1) is 5.82 Å². The molecule has 1 aromatic heterocycles. The van der Waals surface area contributed by atoms with Gasteiger partial charge in [-0.15, -0.1) is 0 Å². The molecule has 1 atom stereocenters. The summed E-state index contributed by atoms with van der Waals surface area (Å²) in [5, 5.41) is 4.05. The predicted molar refractivity (Wildman–Crippen MR) is 126 cm³/mol. The van der Waals surface area contributed by atoms with Crippen LogP contribution in [0.5, 0.6) is 0 Å². The minimum absolute atomic E-state index is 0.235. The molecular weight excluding hydrogens is 421 g/mol. The maximum absolute atomic E-state index is 14.7. The number of hydrogen-bond donors (Lipinski definition) is 0. The van der Waals surface area contributed by atoms with Crippen LogP contribution in [0.2, 0.25) is 0 Å². The Labute approximate surface area is 196 Å². The molecule has 0 N–H and O–H groups in total. The molecule has 1 amide bonds. The van der Waals surface area contributed by atoms with Crippen molar-refractivity contribution < 1.29 is 18.4 Å². The maximum Gasteiger partial charge on any atom is 0.410 e. The first-order chi connectivity index (χ1) is 15.8. The Morgan fingerprint density at radius 2 is 1.91 bits per heavy atom. The number of amides is 1. The highest BCUT2D eigenvalue weighted by Gasteiger charge is 2.36. The molecular formula is C26H38FN3O3. The summed E-state index contributed by atoms with van der Waals surface area (Å²) in [7, 11) is 0. The van der Waals surface area contributed by atoms with Crippen LogP contribution in [-0.2, 0) is 11.2 Å².